The molecule has 4 nitrogen and oxygen atoms in total. The first kappa shape index (κ1) is 15.1. The molecule has 25 heavy (non-hydrogen) atoms. The lowest BCUT2D eigenvalue weighted by Gasteiger charge is -2.06. The molecule has 122 valence electrons. The van der Waals surface area contributed by atoms with Crippen molar-refractivity contribution in [2.24, 2.45) is 0 Å². The summed E-state index contributed by atoms with van der Waals surface area (Å²) < 4.78 is 5.85. The van der Waals surface area contributed by atoms with Gasteiger partial charge in [0.15, 0.2) is 5.58 Å². The number of oxazole rings is 1. The fourth-order valence-electron chi connectivity index (χ4n) is 2.94. The summed E-state index contributed by atoms with van der Waals surface area (Å²) >= 11 is 0. The summed E-state index contributed by atoms with van der Waals surface area (Å²) in [7, 11) is 0. The van der Waals surface area contributed by atoms with Crippen molar-refractivity contribution < 1.29 is 14.3 Å². The Balaban J connectivity index is 1.81. The highest BCUT2D eigenvalue weighted by Gasteiger charge is 2.17. The van der Waals surface area contributed by atoms with Crippen LogP contribution in [0.2, 0.25) is 0 Å². The number of nitrogens with zero attached hydrogens (tertiary/aromatic N) is 1. The lowest BCUT2D eigenvalue weighted by Crippen LogP contribution is -1.97. The highest BCUT2D eigenvalue weighted by molar-refractivity contribution is 6.00. The van der Waals surface area contributed by atoms with Crippen LogP contribution >= 0.6 is 0 Å². The van der Waals surface area contributed by atoms with Crippen LogP contribution in [-0.4, -0.2) is 16.1 Å². The Hall–Kier alpha value is -3.40. The molecule has 1 heterocycles. The van der Waals surface area contributed by atoms with Gasteiger partial charge in [-0.1, -0.05) is 54.6 Å². The van der Waals surface area contributed by atoms with Gasteiger partial charge >= 0.3 is 5.97 Å². The van der Waals surface area contributed by atoms with Crippen molar-refractivity contribution in [3.63, 3.8) is 0 Å². The molecule has 1 N–H and O–H groups in total. The minimum absolute atomic E-state index is 0.146. The quantitative estimate of drug-likeness (QED) is 0.585. The molecular formula is C21H15NO3. The summed E-state index contributed by atoms with van der Waals surface area (Å²) in [6, 6.07) is 23.0. The van der Waals surface area contributed by atoms with E-state index in [-0.39, 0.29) is 5.56 Å². The van der Waals surface area contributed by atoms with E-state index in [9.17, 15) is 9.90 Å². The molecule has 0 aliphatic rings. The second-order valence-corrected chi connectivity index (χ2v) is 5.80. The fourth-order valence-corrected chi connectivity index (χ4v) is 2.94. The first-order chi connectivity index (χ1) is 12.2. The zero-order valence-electron chi connectivity index (χ0n) is 13.3. The van der Waals surface area contributed by atoms with Crippen LogP contribution in [0.25, 0.3) is 22.6 Å². The van der Waals surface area contributed by atoms with Crippen LogP contribution in [0.5, 0.6) is 0 Å². The molecule has 0 aliphatic heterocycles. The zero-order chi connectivity index (χ0) is 17.2. The number of hydrogen-bond acceptors (Lipinski definition) is 3. The maximum Gasteiger partial charge on any atom is 0.338 e. The highest BCUT2D eigenvalue weighted by Crippen LogP contribution is 2.29. The Morgan fingerprint density at radius 3 is 2.48 bits per heavy atom. The summed E-state index contributed by atoms with van der Waals surface area (Å²) in [4.78, 5) is 15.8. The number of fused-ring (bicyclic) bond motifs is 1. The standard InChI is InChI=1S/C21H15NO3/c23-21(24)17-11-6-12-18-19(17)22-20(25-18)16-10-5-4-9-15(16)13-14-7-2-1-3-8-14/h1-12H,13H2,(H,23,24). The van der Waals surface area contributed by atoms with Crippen LogP contribution in [0, 0.1) is 0 Å². The van der Waals surface area contributed by atoms with Gasteiger partial charge in [0, 0.05) is 5.56 Å². The molecule has 0 unspecified atom stereocenters. The Kier molecular flexibility index (Phi) is 3.78. The predicted molar refractivity (Wildman–Crippen MR) is 95.7 cm³/mol. The molecule has 4 heteroatoms. The van der Waals surface area contributed by atoms with Gasteiger partial charge < -0.3 is 9.52 Å². The van der Waals surface area contributed by atoms with E-state index >= 15 is 0 Å². The van der Waals surface area contributed by atoms with Gasteiger partial charge in [0.25, 0.3) is 0 Å². The number of carboxylic acids is 1. The molecule has 0 saturated heterocycles. The highest BCUT2D eigenvalue weighted by atomic mass is 16.4. The van der Waals surface area contributed by atoms with Gasteiger partial charge in [-0.25, -0.2) is 9.78 Å². The number of para-hydroxylation sites is 1. The lowest BCUT2D eigenvalue weighted by atomic mass is 10.00. The van der Waals surface area contributed by atoms with E-state index in [0.29, 0.717) is 17.0 Å². The third-order valence-corrected chi connectivity index (χ3v) is 4.13. The number of hydrogen-bond donors (Lipinski definition) is 1. The van der Waals surface area contributed by atoms with Crippen LogP contribution in [0.15, 0.2) is 77.2 Å². The van der Waals surface area contributed by atoms with E-state index in [1.807, 2.05) is 42.5 Å². The van der Waals surface area contributed by atoms with Gasteiger partial charge in [0.05, 0.1) is 5.56 Å². The SMILES string of the molecule is O=C(O)c1cccc2oc(-c3ccccc3Cc3ccccc3)nc12. The molecule has 0 atom stereocenters. The van der Waals surface area contributed by atoms with Crippen molar-refractivity contribution in [1.82, 2.24) is 4.98 Å². The van der Waals surface area contributed by atoms with E-state index in [1.165, 1.54) is 11.6 Å². The van der Waals surface area contributed by atoms with Crippen molar-refractivity contribution in [3.05, 3.63) is 89.5 Å². The predicted octanol–water partition coefficient (Wildman–Crippen LogP) is 4.78. The molecule has 0 spiro atoms. The average Bonchev–Trinajstić information content (AvgIpc) is 3.07. The van der Waals surface area contributed by atoms with Crippen molar-refractivity contribution in [2.75, 3.05) is 0 Å². The maximum absolute atomic E-state index is 11.4. The number of carbonyl (C=O) groups is 1. The van der Waals surface area contributed by atoms with Crippen LogP contribution in [-0.2, 0) is 6.42 Å². The van der Waals surface area contributed by atoms with Gasteiger partial charge in [-0.2, -0.15) is 0 Å². The average molecular weight is 329 g/mol. The molecule has 0 saturated carbocycles. The van der Waals surface area contributed by atoms with Gasteiger partial charge in [0.2, 0.25) is 5.89 Å². The molecule has 3 aromatic carbocycles. The number of carboxylic acid groups (broad SMARTS) is 1. The molecule has 0 aliphatic carbocycles. The second-order valence-electron chi connectivity index (χ2n) is 5.80. The normalized spacial score (nSPS) is 10.9. The van der Waals surface area contributed by atoms with E-state index in [1.54, 1.807) is 12.1 Å². The van der Waals surface area contributed by atoms with Crippen molar-refractivity contribution in [1.29, 1.82) is 0 Å². The van der Waals surface area contributed by atoms with Crippen molar-refractivity contribution in [3.8, 4) is 11.5 Å². The third-order valence-electron chi connectivity index (χ3n) is 4.13. The molecule has 0 radical (unpaired) electrons. The van der Waals surface area contributed by atoms with Gasteiger partial charge in [0.1, 0.15) is 5.52 Å². The molecule has 0 bridgehead atoms. The largest absolute Gasteiger partial charge is 0.478 e. The summed E-state index contributed by atoms with van der Waals surface area (Å²) in [6.07, 6.45) is 0.752. The Bertz CT molecular complexity index is 1050. The second kappa shape index (κ2) is 6.24. The van der Waals surface area contributed by atoms with E-state index in [2.05, 4.69) is 17.1 Å². The maximum atomic E-state index is 11.4. The number of aromatic nitrogens is 1. The Labute approximate surface area is 144 Å². The fraction of sp³-hybridized carbons (Fsp3) is 0.0476. The smallest absolute Gasteiger partial charge is 0.338 e. The first-order valence-corrected chi connectivity index (χ1v) is 7.97. The van der Waals surface area contributed by atoms with Crippen LogP contribution in [0.3, 0.4) is 0 Å². The molecule has 0 amide bonds. The number of aromatic carboxylic acids is 1. The summed E-state index contributed by atoms with van der Waals surface area (Å²) in [5.41, 5.74) is 4.14. The zero-order valence-corrected chi connectivity index (χ0v) is 13.3. The summed E-state index contributed by atoms with van der Waals surface area (Å²) in [5.74, 6) is -0.571. The van der Waals surface area contributed by atoms with Gasteiger partial charge in [-0.3, -0.25) is 0 Å². The van der Waals surface area contributed by atoms with Crippen LogP contribution in [0.4, 0.5) is 0 Å². The van der Waals surface area contributed by atoms with Crippen molar-refractivity contribution in [2.45, 2.75) is 6.42 Å². The van der Waals surface area contributed by atoms with Gasteiger partial charge in [-0.05, 0) is 35.7 Å². The molecule has 4 rings (SSSR count). The number of benzene rings is 3. The van der Waals surface area contributed by atoms with Crippen LogP contribution in [0.1, 0.15) is 21.5 Å². The van der Waals surface area contributed by atoms with E-state index < -0.39 is 5.97 Å². The minimum atomic E-state index is -1.01. The molecular weight excluding hydrogens is 314 g/mol. The Morgan fingerprint density at radius 1 is 0.920 bits per heavy atom. The first-order valence-electron chi connectivity index (χ1n) is 7.97. The summed E-state index contributed by atoms with van der Waals surface area (Å²) in [6.45, 7) is 0. The Morgan fingerprint density at radius 2 is 1.68 bits per heavy atom. The van der Waals surface area contributed by atoms with Crippen molar-refractivity contribution >= 4 is 17.1 Å². The minimum Gasteiger partial charge on any atom is -0.478 e. The van der Waals surface area contributed by atoms with E-state index in [0.717, 1.165) is 17.5 Å². The topological polar surface area (TPSA) is 63.3 Å². The molecule has 4 aromatic rings. The van der Waals surface area contributed by atoms with Gasteiger partial charge in [-0.15, -0.1) is 0 Å². The molecule has 1 aromatic heterocycles. The van der Waals surface area contributed by atoms with E-state index in [4.69, 9.17) is 4.42 Å². The number of rotatable bonds is 4. The third kappa shape index (κ3) is 2.90. The van der Waals surface area contributed by atoms with Crippen LogP contribution < -0.4 is 0 Å². The monoisotopic (exact) mass is 329 g/mol. The molecule has 0 fully saturated rings. The lowest BCUT2D eigenvalue weighted by molar-refractivity contribution is 0.0699. The summed E-state index contributed by atoms with van der Waals surface area (Å²) in [5, 5.41) is 9.33.